The number of anilines is 1. The largest absolute Gasteiger partial charge is 0.573 e. The highest BCUT2D eigenvalue weighted by atomic mass is 35.5. The van der Waals surface area contributed by atoms with Gasteiger partial charge in [-0.15, -0.1) is 25.6 Å². The highest BCUT2D eigenvalue weighted by Gasteiger charge is 2.31. The van der Waals surface area contributed by atoms with E-state index in [1.165, 1.54) is 18.2 Å². The second kappa shape index (κ2) is 9.29. The van der Waals surface area contributed by atoms with Gasteiger partial charge < -0.3 is 10.1 Å². The molecule has 1 aromatic carbocycles. The number of ether oxygens (including phenoxy) is 1. The molecule has 0 bridgehead atoms. The van der Waals surface area contributed by atoms with Crippen LogP contribution in [0.25, 0.3) is 0 Å². The molecule has 1 atom stereocenters. The second-order valence-electron chi connectivity index (χ2n) is 6.06. The fourth-order valence-corrected chi connectivity index (χ4v) is 3.03. The SMILES string of the molecule is CCCN1CCCCC1C(=O)Nc1ccc(OC(F)(F)F)cc1C.Cl. The number of amides is 1. The summed E-state index contributed by atoms with van der Waals surface area (Å²) in [6.07, 6.45) is -0.839. The van der Waals surface area contributed by atoms with Crippen LogP contribution in [0.5, 0.6) is 5.75 Å². The average Bonchev–Trinajstić information content (AvgIpc) is 2.49. The third-order valence-electron chi connectivity index (χ3n) is 4.12. The number of likely N-dealkylation sites (tertiary alicyclic amines) is 1. The van der Waals surface area contributed by atoms with Crippen molar-refractivity contribution in [3.8, 4) is 5.75 Å². The molecule has 25 heavy (non-hydrogen) atoms. The number of carbonyl (C=O) groups excluding carboxylic acids is 1. The van der Waals surface area contributed by atoms with Crippen LogP contribution in [0.3, 0.4) is 0 Å². The lowest BCUT2D eigenvalue weighted by Gasteiger charge is -2.34. The first-order valence-corrected chi connectivity index (χ1v) is 8.21. The van der Waals surface area contributed by atoms with Crippen LogP contribution in [-0.2, 0) is 4.79 Å². The minimum atomic E-state index is -4.72. The zero-order chi connectivity index (χ0) is 17.7. The first-order valence-electron chi connectivity index (χ1n) is 8.21. The van der Waals surface area contributed by atoms with Crippen LogP contribution in [0.1, 0.15) is 38.2 Å². The van der Waals surface area contributed by atoms with E-state index in [9.17, 15) is 18.0 Å². The zero-order valence-electron chi connectivity index (χ0n) is 14.4. The van der Waals surface area contributed by atoms with E-state index in [1.807, 2.05) is 0 Å². The van der Waals surface area contributed by atoms with E-state index in [2.05, 4.69) is 21.9 Å². The summed E-state index contributed by atoms with van der Waals surface area (Å²) in [5, 5.41) is 2.84. The van der Waals surface area contributed by atoms with Gasteiger partial charge in [0, 0.05) is 5.69 Å². The predicted octanol–water partition coefficient (Wildman–Crippen LogP) is 4.52. The fraction of sp³-hybridized carbons (Fsp3) is 0.588. The summed E-state index contributed by atoms with van der Waals surface area (Å²) in [4.78, 5) is 14.7. The summed E-state index contributed by atoms with van der Waals surface area (Å²) in [6, 6.07) is 3.75. The van der Waals surface area contributed by atoms with Gasteiger partial charge in [0.2, 0.25) is 5.91 Å². The normalized spacial score (nSPS) is 18.4. The second-order valence-corrected chi connectivity index (χ2v) is 6.06. The first kappa shape index (κ1) is 21.6. The number of benzene rings is 1. The van der Waals surface area contributed by atoms with Gasteiger partial charge in [-0.3, -0.25) is 9.69 Å². The molecule has 1 amide bonds. The number of carbonyl (C=O) groups is 1. The monoisotopic (exact) mass is 380 g/mol. The van der Waals surface area contributed by atoms with Gasteiger partial charge in [0.1, 0.15) is 5.75 Å². The Kier molecular flexibility index (Phi) is 8.02. The summed E-state index contributed by atoms with van der Waals surface area (Å²) in [6.45, 7) is 5.50. The maximum atomic E-state index is 12.6. The lowest BCUT2D eigenvalue weighted by Crippen LogP contribution is -2.47. The lowest BCUT2D eigenvalue weighted by atomic mass is 10.0. The number of hydrogen-bond donors (Lipinski definition) is 1. The van der Waals surface area contributed by atoms with Gasteiger partial charge in [0.15, 0.2) is 0 Å². The van der Waals surface area contributed by atoms with Gasteiger partial charge >= 0.3 is 6.36 Å². The number of piperidine rings is 1. The molecule has 142 valence electrons. The van der Waals surface area contributed by atoms with Gasteiger partial charge in [-0.1, -0.05) is 13.3 Å². The van der Waals surface area contributed by atoms with Crippen molar-refractivity contribution in [1.82, 2.24) is 4.90 Å². The first-order chi connectivity index (χ1) is 11.3. The van der Waals surface area contributed by atoms with E-state index < -0.39 is 6.36 Å². The van der Waals surface area contributed by atoms with Crippen molar-refractivity contribution >= 4 is 24.0 Å². The van der Waals surface area contributed by atoms with Gasteiger partial charge in [-0.25, -0.2) is 0 Å². The molecule has 1 N–H and O–H groups in total. The van der Waals surface area contributed by atoms with Crippen molar-refractivity contribution < 1.29 is 22.7 Å². The molecule has 1 aliphatic rings. The molecule has 1 unspecified atom stereocenters. The van der Waals surface area contributed by atoms with Crippen LogP contribution in [-0.4, -0.2) is 36.3 Å². The highest BCUT2D eigenvalue weighted by Crippen LogP contribution is 2.27. The van der Waals surface area contributed by atoms with E-state index >= 15 is 0 Å². The van der Waals surface area contributed by atoms with Crippen molar-refractivity contribution in [2.75, 3.05) is 18.4 Å². The molecular formula is C17H24ClF3N2O2. The number of halogens is 4. The van der Waals surface area contributed by atoms with Crippen molar-refractivity contribution in [1.29, 1.82) is 0 Å². The lowest BCUT2D eigenvalue weighted by molar-refractivity contribution is -0.274. The van der Waals surface area contributed by atoms with Crippen molar-refractivity contribution in [2.45, 2.75) is 51.9 Å². The maximum absolute atomic E-state index is 12.6. The van der Waals surface area contributed by atoms with Gasteiger partial charge in [0.05, 0.1) is 6.04 Å². The van der Waals surface area contributed by atoms with Crippen LogP contribution in [0.15, 0.2) is 18.2 Å². The van der Waals surface area contributed by atoms with E-state index in [0.29, 0.717) is 11.3 Å². The molecule has 4 nitrogen and oxygen atoms in total. The number of aryl methyl sites for hydroxylation is 1. The van der Waals surface area contributed by atoms with E-state index in [-0.39, 0.29) is 30.1 Å². The third kappa shape index (κ3) is 6.40. The van der Waals surface area contributed by atoms with Crippen LogP contribution in [0.4, 0.5) is 18.9 Å². The molecule has 0 radical (unpaired) electrons. The minimum absolute atomic E-state index is 0. The predicted molar refractivity (Wildman–Crippen MR) is 93.2 cm³/mol. The Labute approximate surface area is 152 Å². The Morgan fingerprint density at radius 2 is 2.08 bits per heavy atom. The van der Waals surface area contributed by atoms with Crippen molar-refractivity contribution in [3.05, 3.63) is 23.8 Å². The highest BCUT2D eigenvalue weighted by molar-refractivity contribution is 5.95. The maximum Gasteiger partial charge on any atom is 0.573 e. The number of rotatable bonds is 5. The molecule has 0 aliphatic carbocycles. The molecule has 1 fully saturated rings. The molecule has 0 aromatic heterocycles. The molecule has 1 aromatic rings. The van der Waals surface area contributed by atoms with E-state index in [0.717, 1.165) is 38.8 Å². The number of nitrogens with one attached hydrogen (secondary N) is 1. The van der Waals surface area contributed by atoms with Crippen LogP contribution in [0, 0.1) is 6.92 Å². The van der Waals surface area contributed by atoms with E-state index in [1.54, 1.807) is 6.92 Å². The summed E-state index contributed by atoms with van der Waals surface area (Å²) in [5.41, 5.74) is 1.04. The number of nitrogens with zero attached hydrogens (tertiary/aromatic N) is 1. The Hall–Kier alpha value is -1.47. The molecule has 0 saturated carbocycles. The fourth-order valence-electron chi connectivity index (χ4n) is 3.03. The zero-order valence-corrected chi connectivity index (χ0v) is 15.2. The molecule has 1 saturated heterocycles. The third-order valence-corrected chi connectivity index (χ3v) is 4.12. The average molecular weight is 381 g/mol. The number of alkyl halides is 3. The smallest absolute Gasteiger partial charge is 0.406 e. The van der Waals surface area contributed by atoms with Crippen LogP contribution in [0.2, 0.25) is 0 Å². The molecule has 1 aliphatic heterocycles. The number of hydrogen-bond acceptors (Lipinski definition) is 3. The molecule has 1 heterocycles. The Morgan fingerprint density at radius 1 is 1.36 bits per heavy atom. The summed E-state index contributed by atoms with van der Waals surface area (Å²) in [5.74, 6) is -0.390. The summed E-state index contributed by atoms with van der Waals surface area (Å²) >= 11 is 0. The standard InChI is InChI=1S/C17H23F3N2O2.ClH/c1-3-9-22-10-5-4-6-15(22)16(23)21-14-8-7-13(11-12(14)2)24-17(18,19)20;/h7-8,11,15H,3-6,9-10H2,1-2H3,(H,21,23);1H. The van der Waals surface area contributed by atoms with Gasteiger partial charge in [-0.2, -0.15) is 0 Å². The molecule has 0 spiro atoms. The molecular weight excluding hydrogens is 357 g/mol. The van der Waals surface area contributed by atoms with Gasteiger partial charge in [-0.05, 0) is 63.0 Å². The van der Waals surface area contributed by atoms with Crippen LogP contribution < -0.4 is 10.1 Å². The molecule has 8 heteroatoms. The topological polar surface area (TPSA) is 41.6 Å². The summed E-state index contributed by atoms with van der Waals surface area (Å²) < 4.78 is 40.6. The summed E-state index contributed by atoms with van der Waals surface area (Å²) in [7, 11) is 0. The Morgan fingerprint density at radius 3 is 2.68 bits per heavy atom. The molecule has 2 rings (SSSR count). The van der Waals surface area contributed by atoms with Crippen LogP contribution >= 0.6 is 12.4 Å². The van der Waals surface area contributed by atoms with E-state index in [4.69, 9.17) is 0 Å². The Bertz CT molecular complexity index is 580. The van der Waals surface area contributed by atoms with Crippen molar-refractivity contribution in [3.63, 3.8) is 0 Å². The quantitative estimate of drug-likeness (QED) is 0.816. The minimum Gasteiger partial charge on any atom is -0.406 e. The van der Waals surface area contributed by atoms with Gasteiger partial charge in [0.25, 0.3) is 0 Å². The van der Waals surface area contributed by atoms with Crippen molar-refractivity contribution in [2.24, 2.45) is 0 Å². The Balaban J connectivity index is 0.00000312.